The smallest absolute Gasteiger partial charge is 0.391 e. The topological polar surface area (TPSA) is 235 Å². The van der Waals surface area contributed by atoms with Gasteiger partial charge in [0.05, 0.1) is 12.1 Å². The Kier molecular flexibility index (Phi) is 18.9. The molecule has 0 aliphatic rings. The molecule has 0 bridgehead atoms. The van der Waals surface area contributed by atoms with Gasteiger partial charge in [-0.1, -0.05) is 49.7 Å². The lowest BCUT2D eigenvalue weighted by molar-refractivity contribution is -0.173. The average Bonchev–Trinajstić information content (AvgIpc) is 3.14. The van der Waals surface area contributed by atoms with Crippen LogP contribution in [0.15, 0.2) is 48.5 Å². The van der Waals surface area contributed by atoms with Gasteiger partial charge in [0.2, 0.25) is 23.6 Å². The standard InChI is InChI=1S/C38H54F3N7O7/c1-5-6-9-25-11-13-26(14-12-25)27-15-17-28(18-16-27)34(52)47-30(19-21-43)36(54)48-31(24(4)49)37(55)45-23(3)33(51)46-29(10-7-8-20-42)35(53)44-22(2)32(50)38(39,40)41/h11-18,22-24,29-31,49H,5-10,19-21,42-43H2,1-4H3,(H,44,53)(H,45,55)(H,46,51)(H,47,52)(H,48,54). The number of rotatable bonds is 22. The second kappa shape index (κ2) is 22.5. The number of hydrogen-bond donors (Lipinski definition) is 8. The molecule has 6 atom stereocenters. The summed E-state index contributed by atoms with van der Waals surface area (Å²) in [6.45, 7) is 5.67. The van der Waals surface area contributed by atoms with Crippen molar-refractivity contribution in [3.63, 3.8) is 0 Å². The molecule has 2 rings (SSSR count). The second-order valence-corrected chi connectivity index (χ2v) is 13.4. The fraction of sp³-hybridized carbons (Fsp3) is 0.526. The van der Waals surface area contributed by atoms with Crippen molar-refractivity contribution in [2.45, 2.75) is 115 Å². The Bertz CT molecular complexity index is 1590. The average molecular weight is 778 g/mol. The van der Waals surface area contributed by atoms with Gasteiger partial charge in [0.15, 0.2) is 0 Å². The number of aryl methyl sites for hydroxylation is 1. The highest BCUT2D eigenvalue weighted by molar-refractivity contribution is 5.99. The van der Waals surface area contributed by atoms with Crippen molar-refractivity contribution in [2.24, 2.45) is 11.5 Å². The van der Waals surface area contributed by atoms with Gasteiger partial charge in [-0.15, -0.1) is 0 Å². The minimum Gasteiger partial charge on any atom is -0.391 e. The molecule has 10 N–H and O–H groups in total. The molecule has 0 saturated carbocycles. The van der Waals surface area contributed by atoms with Crippen LogP contribution in [0, 0.1) is 0 Å². The molecule has 14 nitrogen and oxygen atoms in total. The molecule has 55 heavy (non-hydrogen) atoms. The number of aliphatic hydroxyl groups is 1. The molecule has 0 radical (unpaired) electrons. The highest BCUT2D eigenvalue weighted by Gasteiger charge is 2.42. The lowest BCUT2D eigenvalue weighted by atomic mass is 10.0. The summed E-state index contributed by atoms with van der Waals surface area (Å²) in [4.78, 5) is 77.0. The second-order valence-electron chi connectivity index (χ2n) is 13.4. The zero-order valence-corrected chi connectivity index (χ0v) is 31.6. The first-order valence-electron chi connectivity index (χ1n) is 18.3. The van der Waals surface area contributed by atoms with Crippen LogP contribution in [0.3, 0.4) is 0 Å². The number of nitrogens with two attached hydrogens (primary N) is 2. The number of unbranched alkanes of at least 4 members (excludes halogenated alkanes) is 2. The summed E-state index contributed by atoms with van der Waals surface area (Å²) in [6.07, 6.45) is -2.81. The van der Waals surface area contributed by atoms with Crippen LogP contribution < -0.4 is 38.1 Å². The number of carbonyl (C=O) groups is 6. The lowest BCUT2D eigenvalue weighted by Crippen LogP contribution is -2.60. The molecule has 6 unspecified atom stereocenters. The Labute approximate surface area is 319 Å². The fourth-order valence-electron chi connectivity index (χ4n) is 5.45. The van der Waals surface area contributed by atoms with E-state index < -0.39 is 77.8 Å². The maximum absolute atomic E-state index is 13.3. The Morgan fingerprint density at radius 3 is 1.73 bits per heavy atom. The number of halogens is 3. The van der Waals surface area contributed by atoms with Gasteiger partial charge in [0, 0.05) is 5.56 Å². The van der Waals surface area contributed by atoms with Gasteiger partial charge in [0.1, 0.15) is 24.2 Å². The van der Waals surface area contributed by atoms with Crippen LogP contribution in [0.5, 0.6) is 0 Å². The Morgan fingerprint density at radius 2 is 1.20 bits per heavy atom. The fourth-order valence-corrected chi connectivity index (χ4v) is 5.45. The van der Waals surface area contributed by atoms with Gasteiger partial charge in [-0.3, -0.25) is 28.8 Å². The highest BCUT2D eigenvalue weighted by Crippen LogP contribution is 2.21. The summed E-state index contributed by atoms with van der Waals surface area (Å²) in [6, 6.07) is 7.47. The number of ketones is 1. The Morgan fingerprint density at radius 1 is 0.655 bits per heavy atom. The zero-order chi connectivity index (χ0) is 41.3. The van der Waals surface area contributed by atoms with Crippen LogP contribution in [0.25, 0.3) is 11.1 Å². The minimum absolute atomic E-state index is 0.0164. The number of Topliss-reactive ketones (excluding diaryl/α,β-unsaturated/α-hetero) is 1. The van der Waals surface area contributed by atoms with E-state index in [2.05, 4.69) is 40.3 Å². The van der Waals surface area contributed by atoms with Crippen LogP contribution in [0.2, 0.25) is 0 Å². The van der Waals surface area contributed by atoms with Gasteiger partial charge in [-0.2, -0.15) is 13.2 Å². The van der Waals surface area contributed by atoms with E-state index in [0.717, 1.165) is 37.3 Å². The molecular weight excluding hydrogens is 723 g/mol. The number of alkyl halides is 3. The Balaban J connectivity index is 2.08. The molecule has 0 aliphatic heterocycles. The molecule has 5 amide bonds. The summed E-state index contributed by atoms with van der Waals surface area (Å²) in [5.74, 6) is -6.57. The summed E-state index contributed by atoms with van der Waals surface area (Å²) in [7, 11) is 0. The van der Waals surface area contributed by atoms with Gasteiger partial charge in [-0.25, -0.2) is 0 Å². The normalized spacial score (nSPS) is 14.7. The molecule has 0 aromatic heterocycles. The van der Waals surface area contributed by atoms with Crippen LogP contribution in [-0.4, -0.2) is 96.0 Å². The van der Waals surface area contributed by atoms with E-state index in [1.807, 2.05) is 17.4 Å². The zero-order valence-electron chi connectivity index (χ0n) is 31.6. The molecule has 304 valence electrons. The van der Waals surface area contributed by atoms with Crippen LogP contribution in [-0.2, 0) is 30.4 Å². The predicted molar refractivity (Wildman–Crippen MR) is 200 cm³/mol. The summed E-state index contributed by atoms with van der Waals surface area (Å²) in [5, 5.41) is 22.0. The van der Waals surface area contributed by atoms with E-state index in [4.69, 9.17) is 11.5 Å². The summed E-state index contributed by atoms with van der Waals surface area (Å²) >= 11 is 0. The first-order valence-corrected chi connectivity index (χ1v) is 18.3. The molecule has 0 heterocycles. The minimum atomic E-state index is -5.19. The molecule has 2 aromatic rings. The van der Waals surface area contributed by atoms with E-state index >= 15 is 0 Å². The molecule has 0 aliphatic carbocycles. The molecule has 0 spiro atoms. The van der Waals surface area contributed by atoms with Crippen molar-refractivity contribution in [3.05, 3.63) is 59.7 Å². The van der Waals surface area contributed by atoms with E-state index in [9.17, 15) is 47.0 Å². The first-order chi connectivity index (χ1) is 25.9. The summed E-state index contributed by atoms with van der Waals surface area (Å²) < 4.78 is 38.5. The third-order valence-corrected chi connectivity index (χ3v) is 8.76. The van der Waals surface area contributed by atoms with Crippen molar-refractivity contribution in [1.82, 2.24) is 26.6 Å². The van der Waals surface area contributed by atoms with Crippen molar-refractivity contribution >= 4 is 35.3 Å². The lowest BCUT2D eigenvalue weighted by Gasteiger charge is -2.26. The number of carbonyl (C=O) groups excluding carboxylic acids is 6. The SMILES string of the molecule is CCCCc1ccc(-c2ccc(C(=O)NC(CCN)C(=O)NC(C(=O)NC(C)C(=O)NC(CCCCN)C(=O)NC(C)C(=O)C(F)(F)F)C(C)O)cc2)cc1. The number of hydrogen-bond acceptors (Lipinski definition) is 9. The number of amides is 5. The molecule has 17 heteroatoms. The monoisotopic (exact) mass is 777 g/mol. The van der Waals surface area contributed by atoms with Gasteiger partial charge >= 0.3 is 6.18 Å². The van der Waals surface area contributed by atoms with Crippen LogP contribution >= 0.6 is 0 Å². The third-order valence-electron chi connectivity index (χ3n) is 8.76. The maximum Gasteiger partial charge on any atom is 0.452 e. The van der Waals surface area contributed by atoms with E-state index in [-0.39, 0.29) is 31.5 Å². The van der Waals surface area contributed by atoms with Gasteiger partial charge in [0.25, 0.3) is 11.7 Å². The van der Waals surface area contributed by atoms with Crippen LogP contribution in [0.1, 0.15) is 82.1 Å². The van der Waals surface area contributed by atoms with Crippen molar-refractivity contribution in [1.29, 1.82) is 0 Å². The number of benzene rings is 2. The van der Waals surface area contributed by atoms with E-state index in [0.29, 0.717) is 12.8 Å². The van der Waals surface area contributed by atoms with Gasteiger partial charge in [-0.05, 0) is 101 Å². The van der Waals surface area contributed by atoms with Gasteiger partial charge < -0.3 is 43.2 Å². The van der Waals surface area contributed by atoms with Crippen molar-refractivity contribution in [2.75, 3.05) is 13.1 Å². The highest BCUT2D eigenvalue weighted by atomic mass is 19.4. The Hall–Kier alpha value is -4.87. The summed E-state index contributed by atoms with van der Waals surface area (Å²) in [5.41, 5.74) is 14.6. The molecular formula is C38H54F3N7O7. The number of nitrogens with one attached hydrogen (secondary N) is 5. The van der Waals surface area contributed by atoms with E-state index in [1.165, 1.54) is 19.4 Å². The third kappa shape index (κ3) is 15.1. The van der Waals surface area contributed by atoms with Crippen molar-refractivity contribution < 1.29 is 47.0 Å². The van der Waals surface area contributed by atoms with E-state index in [1.54, 1.807) is 24.3 Å². The largest absolute Gasteiger partial charge is 0.452 e. The molecule has 0 fully saturated rings. The van der Waals surface area contributed by atoms with Crippen LogP contribution in [0.4, 0.5) is 13.2 Å². The maximum atomic E-state index is 13.3. The number of aliphatic hydroxyl groups excluding tert-OH is 1. The molecule has 0 saturated heterocycles. The first kappa shape index (κ1) is 46.3. The predicted octanol–water partition coefficient (Wildman–Crippen LogP) is 1.76. The molecule has 2 aromatic carbocycles. The quantitative estimate of drug-likeness (QED) is 0.0813. The van der Waals surface area contributed by atoms with Crippen molar-refractivity contribution in [3.8, 4) is 11.1 Å².